The third-order valence-electron chi connectivity index (χ3n) is 10.1. The lowest BCUT2D eigenvalue weighted by atomic mass is 9.44. The molecule has 0 spiro atoms. The van der Waals surface area contributed by atoms with E-state index in [0.717, 1.165) is 44.9 Å². The fourth-order valence-corrected chi connectivity index (χ4v) is 8.60. The van der Waals surface area contributed by atoms with E-state index >= 15 is 0 Å². The molecule has 5 rings (SSSR count). The Morgan fingerprint density at radius 1 is 0.969 bits per heavy atom. The number of ether oxygens (including phenoxy) is 1. The summed E-state index contributed by atoms with van der Waals surface area (Å²) in [5, 5.41) is 0. The Balaban J connectivity index is 1.33. The van der Waals surface area contributed by atoms with Crippen LogP contribution >= 0.6 is 0 Å². The Kier molecular flexibility index (Phi) is 5.34. The Morgan fingerprint density at radius 2 is 1.72 bits per heavy atom. The molecule has 0 radical (unpaired) electrons. The van der Waals surface area contributed by atoms with Gasteiger partial charge in [0.1, 0.15) is 17.7 Å². The number of carbonyl (C=O) groups excluding carboxylic acids is 3. The van der Waals surface area contributed by atoms with Gasteiger partial charge in [0.05, 0.1) is 5.56 Å². The molecule has 0 bridgehead atoms. The summed E-state index contributed by atoms with van der Waals surface area (Å²) in [5.74, 6) is 1.91. The topological polar surface area (TPSA) is 60.4 Å². The minimum atomic E-state index is -0.237. The zero-order chi connectivity index (χ0) is 22.7. The van der Waals surface area contributed by atoms with Crippen molar-refractivity contribution in [3.63, 3.8) is 0 Å². The summed E-state index contributed by atoms with van der Waals surface area (Å²) in [6, 6.07) is 9.22. The average Bonchev–Trinajstić information content (AvgIpc) is 3.11. The molecule has 0 aromatic heterocycles. The molecular weight excluding hydrogens is 400 g/mol. The largest absolute Gasteiger partial charge is 0.459 e. The summed E-state index contributed by atoms with van der Waals surface area (Å²) in [6.07, 6.45) is 7.36. The predicted molar refractivity (Wildman–Crippen MR) is 122 cm³/mol. The molecule has 0 unspecified atom stereocenters. The number of carbonyl (C=O) groups is 3. The monoisotopic (exact) mass is 436 g/mol. The van der Waals surface area contributed by atoms with E-state index < -0.39 is 0 Å². The van der Waals surface area contributed by atoms with Gasteiger partial charge < -0.3 is 4.74 Å². The van der Waals surface area contributed by atoms with Gasteiger partial charge in [-0.15, -0.1) is 0 Å². The quantitative estimate of drug-likeness (QED) is 0.576. The van der Waals surface area contributed by atoms with Crippen molar-refractivity contribution >= 4 is 17.5 Å². The van der Waals surface area contributed by atoms with E-state index in [1.807, 2.05) is 18.2 Å². The van der Waals surface area contributed by atoms with Gasteiger partial charge in [0.15, 0.2) is 0 Å². The third-order valence-corrected chi connectivity index (χ3v) is 10.1. The van der Waals surface area contributed by atoms with E-state index in [2.05, 4.69) is 13.8 Å². The third kappa shape index (κ3) is 3.28. The number of rotatable bonds is 3. The Bertz CT molecular complexity index is 923. The van der Waals surface area contributed by atoms with E-state index in [0.29, 0.717) is 35.5 Å². The highest BCUT2D eigenvalue weighted by Gasteiger charge is 2.63. The molecule has 4 saturated carbocycles. The number of benzene rings is 1. The van der Waals surface area contributed by atoms with Crippen molar-refractivity contribution < 1.29 is 19.1 Å². The molecule has 0 aliphatic heterocycles. The van der Waals surface area contributed by atoms with Crippen molar-refractivity contribution in [1.82, 2.24) is 0 Å². The second-order valence-corrected chi connectivity index (χ2v) is 11.6. The van der Waals surface area contributed by atoms with Crippen molar-refractivity contribution in [3.05, 3.63) is 35.9 Å². The van der Waals surface area contributed by atoms with Crippen LogP contribution < -0.4 is 0 Å². The summed E-state index contributed by atoms with van der Waals surface area (Å²) in [5.41, 5.74) is 0.452. The summed E-state index contributed by atoms with van der Waals surface area (Å²) >= 11 is 0. The first-order chi connectivity index (χ1) is 15.2. The number of ketones is 2. The molecule has 0 amide bonds. The lowest BCUT2D eigenvalue weighted by Gasteiger charge is -2.59. The molecule has 0 heterocycles. The van der Waals surface area contributed by atoms with E-state index in [9.17, 15) is 14.4 Å². The highest BCUT2D eigenvalue weighted by molar-refractivity contribution is 5.89. The minimum Gasteiger partial charge on any atom is -0.459 e. The van der Waals surface area contributed by atoms with Gasteiger partial charge >= 0.3 is 5.97 Å². The van der Waals surface area contributed by atoms with Crippen LogP contribution in [0.5, 0.6) is 0 Å². The van der Waals surface area contributed by atoms with Crippen molar-refractivity contribution in [3.8, 4) is 0 Å². The Hall–Kier alpha value is -1.97. The highest BCUT2D eigenvalue weighted by Crippen LogP contribution is 2.66. The maximum absolute atomic E-state index is 13.7. The van der Waals surface area contributed by atoms with Crippen molar-refractivity contribution in [2.45, 2.75) is 78.2 Å². The van der Waals surface area contributed by atoms with Gasteiger partial charge in [-0.3, -0.25) is 9.59 Å². The number of hydrogen-bond donors (Lipinski definition) is 0. The molecule has 4 aliphatic rings. The van der Waals surface area contributed by atoms with E-state index in [1.165, 1.54) is 0 Å². The van der Waals surface area contributed by atoms with Gasteiger partial charge in [-0.25, -0.2) is 4.79 Å². The van der Waals surface area contributed by atoms with Crippen LogP contribution in [0, 0.1) is 40.4 Å². The molecule has 172 valence electrons. The van der Waals surface area contributed by atoms with E-state index in [1.54, 1.807) is 19.1 Å². The van der Waals surface area contributed by atoms with Crippen LogP contribution in [0.2, 0.25) is 0 Å². The molecule has 4 nitrogen and oxygen atoms in total. The van der Waals surface area contributed by atoms with Gasteiger partial charge in [-0.05, 0) is 92.6 Å². The fourth-order valence-electron chi connectivity index (χ4n) is 8.60. The van der Waals surface area contributed by atoms with Crippen LogP contribution in [0.3, 0.4) is 0 Å². The molecule has 1 aromatic carbocycles. The number of Topliss-reactive ketones (excluding diaryl/α,β-unsaturated/α-hetero) is 2. The highest BCUT2D eigenvalue weighted by atomic mass is 16.5. The number of fused-ring (bicyclic) bond motifs is 5. The first kappa shape index (κ1) is 21.9. The summed E-state index contributed by atoms with van der Waals surface area (Å²) in [6.45, 7) is 6.27. The minimum absolute atomic E-state index is 0.00864. The van der Waals surface area contributed by atoms with Gasteiger partial charge in [0.25, 0.3) is 0 Å². The molecule has 0 saturated heterocycles. The lowest BCUT2D eigenvalue weighted by molar-refractivity contribution is -0.162. The fraction of sp³-hybridized carbons (Fsp3) is 0.679. The van der Waals surface area contributed by atoms with Crippen LogP contribution in [0.25, 0.3) is 0 Å². The Morgan fingerprint density at radius 3 is 2.44 bits per heavy atom. The van der Waals surface area contributed by atoms with Crippen LogP contribution in [0.15, 0.2) is 30.3 Å². The average molecular weight is 437 g/mol. The second-order valence-electron chi connectivity index (χ2n) is 11.6. The number of hydrogen-bond acceptors (Lipinski definition) is 4. The standard InChI is InChI=1S/C28H36O4/c1-17(29)22-11-12-23-21-10-9-19-15-20(32-26(31)18-7-5-4-6-8-18)13-14-27(19,2)25(21)24(30)16-28(22,23)3/h4-8,19-23,25H,9-16H2,1-3H3/t19-,20-,21+,22+,23-,25-,27+,28+/m1/s1. The molecule has 4 fully saturated rings. The zero-order valence-electron chi connectivity index (χ0n) is 19.6. The maximum atomic E-state index is 13.7. The first-order valence-electron chi connectivity index (χ1n) is 12.5. The van der Waals surface area contributed by atoms with Crippen molar-refractivity contribution in [2.24, 2.45) is 40.4 Å². The SMILES string of the molecule is CC(=O)[C@@H]1CC[C@@H]2[C@@H]3CC[C@@H]4C[C@H](OC(=O)c5ccccc5)CC[C@]4(C)[C@H]3C(=O)C[C@]21C. The maximum Gasteiger partial charge on any atom is 0.338 e. The summed E-state index contributed by atoms with van der Waals surface area (Å²) in [7, 11) is 0. The predicted octanol–water partition coefficient (Wildman–Crippen LogP) is 5.64. The number of esters is 1. The Labute approximate surface area is 191 Å². The molecule has 8 atom stereocenters. The van der Waals surface area contributed by atoms with E-state index in [4.69, 9.17) is 4.74 Å². The lowest BCUT2D eigenvalue weighted by Crippen LogP contribution is -2.58. The van der Waals surface area contributed by atoms with Crippen LogP contribution in [-0.2, 0) is 14.3 Å². The smallest absolute Gasteiger partial charge is 0.338 e. The molecule has 4 heteroatoms. The molecular formula is C28H36O4. The normalized spacial score (nSPS) is 43.0. The van der Waals surface area contributed by atoms with Crippen LogP contribution in [0.4, 0.5) is 0 Å². The van der Waals surface area contributed by atoms with Gasteiger partial charge in [-0.2, -0.15) is 0 Å². The molecule has 4 aliphatic carbocycles. The summed E-state index contributed by atoms with van der Waals surface area (Å²) < 4.78 is 5.90. The van der Waals surface area contributed by atoms with E-state index in [-0.39, 0.29) is 40.5 Å². The molecule has 1 aromatic rings. The van der Waals surface area contributed by atoms with Gasteiger partial charge in [0.2, 0.25) is 0 Å². The van der Waals surface area contributed by atoms with Crippen LogP contribution in [0.1, 0.15) is 82.5 Å². The molecule has 32 heavy (non-hydrogen) atoms. The van der Waals surface area contributed by atoms with Crippen LogP contribution in [-0.4, -0.2) is 23.6 Å². The molecule has 0 N–H and O–H groups in total. The first-order valence-corrected chi connectivity index (χ1v) is 12.5. The van der Waals surface area contributed by atoms with Crippen molar-refractivity contribution in [2.75, 3.05) is 0 Å². The summed E-state index contributed by atoms with van der Waals surface area (Å²) in [4.78, 5) is 38.6. The zero-order valence-corrected chi connectivity index (χ0v) is 19.6. The van der Waals surface area contributed by atoms with Crippen molar-refractivity contribution in [1.29, 1.82) is 0 Å². The van der Waals surface area contributed by atoms with Gasteiger partial charge in [-0.1, -0.05) is 32.0 Å². The van der Waals surface area contributed by atoms with Gasteiger partial charge in [0, 0.05) is 18.3 Å². The second kappa shape index (κ2) is 7.81.